The molecule has 2 aromatic carbocycles. The summed E-state index contributed by atoms with van der Waals surface area (Å²) >= 11 is 0. The van der Waals surface area contributed by atoms with Gasteiger partial charge in [0.1, 0.15) is 17.8 Å². The number of rotatable bonds is 7. The summed E-state index contributed by atoms with van der Waals surface area (Å²) in [5.74, 6) is 0.171. The summed E-state index contributed by atoms with van der Waals surface area (Å²) in [6.45, 7) is 3.36. The number of benzene rings is 2. The fourth-order valence-corrected chi connectivity index (χ4v) is 5.03. The van der Waals surface area contributed by atoms with E-state index in [1.54, 1.807) is 0 Å². The highest BCUT2D eigenvalue weighted by Crippen LogP contribution is 2.43. The second kappa shape index (κ2) is 10.1. The zero-order chi connectivity index (χ0) is 20.8. The number of aliphatic hydroxyl groups is 1. The predicted octanol–water partition coefficient (Wildman–Crippen LogP) is 4.89. The summed E-state index contributed by atoms with van der Waals surface area (Å²) in [4.78, 5) is 0. The first-order chi connectivity index (χ1) is 14.7. The third-order valence-electron chi connectivity index (χ3n) is 6.79. The van der Waals surface area contributed by atoms with Crippen LogP contribution in [-0.4, -0.2) is 35.6 Å². The Morgan fingerprint density at radius 3 is 2.03 bits per heavy atom. The minimum atomic E-state index is -1.05. The van der Waals surface area contributed by atoms with Gasteiger partial charge in [0.05, 0.1) is 25.9 Å². The van der Waals surface area contributed by atoms with Gasteiger partial charge in [-0.15, -0.1) is 0 Å². The van der Waals surface area contributed by atoms with Crippen molar-refractivity contribution in [3.05, 3.63) is 71.8 Å². The predicted molar refractivity (Wildman–Crippen MR) is 117 cm³/mol. The Morgan fingerprint density at radius 2 is 1.43 bits per heavy atom. The van der Waals surface area contributed by atoms with E-state index in [0.29, 0.717) is 19.8 Å². The molecule has 4 rings (SSSR count). The lowest BCUT2D eigenvalue weighted by Gasteiger charge is -2.52. The highest BCUT2D eigenvalue weighted by molar-refractivity contribution is 5.15. The molecule has 3 unspecified atom stereocenters. The normalized spacial score (nSPS) is 30.3. The molecule has 1 aliphatic heterocycles. The summed E-state index contributed by atoms with van der Waals surface area (Å²) in [6.07, 6.45) is 4.57. The molecular weight excluding hydrogens is 376 g/mol. The third-order valence-corrected chi connectivity index (χ3v) is 6.79. The summed E-state index contributed by atoms with van der Waals surface area (Å²) in [5.41, 5.74) is 1.16. The minimum absolute atomic E-state index is 0.171. The monoisotopic (exact) mass is 410 g/mol. The van der Waals surface area contributed by atoms with Crippen molar-refractivity contribution in [2.45, 2.75) is 76.2 Å². The van der Waals surface area contributed by atoms with Gasteiger partial charge in [-0.3, -0.25) is 0 Å². The highest BCUT2D eigenvalue weighted by atomic mass is 16.6. The number of ether oxygens (including phenoxy) is 3. The van der Waals surface area contributed by atoms with Crippen LogP contribution >= 0.6 is 0 Å². The Bertz CT molecular complexity index is 759. The van der Waals surface area contributed by atoms with Crippen LogP contribution < -0.4 is 0 Å². The highest BCUT2D eigenvalue weighted by Gasteiger charge is 2.55. The topological polar surface area (TPSA) is 47.9 Å². The maximum Gasteiger partial charge on any atom is 0.122 e. The molecule has 1 saturated carbocycles. The van der Waals surface area contributed by atoms with Crippen LogP contribution in [0.25, 0.3) is 0 Å². The molecule has 4 atom stereocenters. The van der Waals surface area contributed by atoms with E-state index in [1.807, 2.05) is 43.3 Å². The smallest absolute Gasteiger partial charge is 0.122 e. The molecule has 2 aromatic rings. The fourth-order valence-electron chi connectivity index (χ4n) is 5.03. The van der Waals surface area contributed by atoms with E-state index >= 15 is 0 Å². The van der Waals surface area contributed by atoms with Crippen molar-refractivity contribution in [1.29, 1.82) is 0 Å². The van der Waals surface area contributed by atoms with E-state index < -0.39 is 11.7 Å². The first-order valence-electron chi connectivity index (χ1n) is 11.3. The molecular formula is C26H34O4. The van der Waals surface area contributed by atoms with Crippen LogP contribution in [0.2, 0.25) is 0 Å². The maximum atomic E-state index is 12.0. The molecule has 4 heteroatoms. The first-order valence-corrected chi connectivity index (χ1v) is 11.3. The van der Waals surface area contributed by atoms with Crippen LogP contribution in [0.15, 0.2) is 60.7 Å². The second-order valence-electron chi connectivity index (χ2n) is 8.75. The SMILES string of the molecule is CC1OCC(OCc2ccccc2)C(OCc2ccccc2)[C@@]1(O)C1CCCCC1. The second-order valence-corrected chi connectivity index (χ2v) is 8.75. The van der Waals surface area contributed by atoms with Crippen LogP contribution in [0.1, 0.15) is 50.2 Å². The van der Waals surface area contributed by atoms with E-state index in [4.69, 9.17) is 14.2 Å². The zero-order valence-corrected chi connectivity index (χ0v) is 17.9. The molecule has 2 fully saturated rings. The van der Waals surface area contributed by atoms with E-state index in [0.717, 1.165) is 36.8 Å². The van der Waals surface area contributed by atoms with Gasteiger partial charge in [-0.05, 0) is 36.8 Å². The van der Waals surface area contributed by atoms with Crippen molar-refractivity contribution in [2.24, 2.45) is 5.92 Å². The molecule has 162 valence electrons. The van der Waals surface area contributed by atoms with Crippen molar-refractivity contribution in [3.63, 3.8) is 0 Å². The third kappa shape index (κ3) is 4.78. The average molecular weight is 411 g/mol. The van der Waals surface area contributed by atoms with Crippen molar-refractivity contribution < 1.29 is 19.3 Å². The molecule has 1 saturated heterocycles. The summed E-state index contributed by atoms with van der Waals surface area (Å²) < 4.78 is 18.8. The molecule has 0 spiro atoms. The Morgan fingerprint density at radius 1 is 0.867 bits per heavy atom. The summed E-state index contributed by atoms with van der Waals surface area (Å²) in [6, 6.07) is 20.3. The molecule has 30 heavy (non-hydrogen) atoms. The number of hydrogen-bond donors (Lipinski definition) is 1. The molecule has 1 N–H and O–H groups in total. The van der Waals surface area contributed by atoms with E-state index in [2.05, 4.69) is 24.3 Å². The van der Waals surface area contributed by atoms with Gasteiger partial charge in [-0.2, -0.15) is 0 Å². The van der Waals surface area contributed by atoms with E-state index in [1.165, 1.54) is 6.42 Å². The van der Waals surface area contributed by atoms with Crippen LogP contribution in [0, 0.1) is 5.92 Å². The van der Waals surface area contributed by atoms with Crippen molar-refractivity contribution in [2.75, 3.05) is 6.61 Å². The molecule has 0 aromatic heterocycles. The largest absolute Gasteiger partial charge is 0.384 e. The molecule has 4 nitrogen and oxygen atoms in total. The summed E-state index contributed by atoms with van der Waals surface area (Å²) in [7, 11) is 0. The Labute approximate surface area is 180 Å². The van der Waals surface area contributed by atoms with Gasteiger partial charge in [-0.25, -0.2) is 0 Å². The minimum Gasteiger partial charge on any atom is -0.384 e. The maximum absolute atomic E-state index is 12.0. The lowest BCUT2D eigenvalue weighted by atomic mass is 9.69. The lowest BCUT2D eigenvalue weighted by Crippen LogP contribution is -2.67. The lowest BCUT2D eigenvalue weighted by molar-refractivity contribution is -0.285. The fraction of sp³-hybridized carbons (Fsp3) is 0.538. The Hall–Kier alpha value is -1.72. The van der Waals surface area contributed by atoms with E-state index in [9.17, 15) is 5.11 Å². The quantitative estimate of drug-likeness (QED) is 0.706. The van der Waals surface area contributed by atoms with Crippen LogP contribution in [0.3, 0.4) is 0 Å². The van der Waals surface area contributed by atoms with E-state index in [-0.39, 0.29) is 18.1 Å². The van der Waals surface area contributed by atoms with Crippen molar-refractivity contribution in [1.82, 2.24) is 0 Å². The first kappa shape index (κ1) is 21.5. The van der Waals surface area contributed by atoms with Gasteiger partial charge >= 0.3 is 0 Å². The van der Waals surface area contributed by atoms with Gasteiger partial charge in [0.15, 0.2) is 0 Å². The number of hydrogen-bond acceptors (Lipinski definition) is 4. The summed E-state index contributed by atoms with van der Waals surface area (Å²) in [5, 5.41) is 12.0. The molecule has 2 aliphatic rings. The average Bonchev–Trinajstić information content (AvgIpc) is 2.81. The molecule has 0 bridgehead atoms. The van der Waals surface area contributed by atoms with Gasteiger partial charge < -0.3 is 19.3 Å². The Balaban J connectivity index is 1.55. The van der Waals surface area contributed by atoms with Crippen molar-refractivity contribution >= 4 is 0 Å². The van der Waals surface area contributed by atoms with Gasteiger partial charge in [0, 0.05) is 0 Å². The molecule has 0 radical (unpaired) electrons. The van der Waals surface area contributed by atoms with Crippen LogP contribution in [0.4, 0.5) is 0 Å². The molecule has 1 heterocycles. The zero-order valence-electron chi connectivity index (χ0n) is 17.9. The van der Waals surface area contributed by atoms with Gasteiger partial charge in [0.2, 0.25) is 0 Å². The van der Waals surface area contributed by atoms with Crippen LogP contribution in [0.5, 0.6) is 0 Å². The molecule has 0 amide bonds. The molecule has 1 aliphatic carbocycles. The Kier molecular flexibility index (Phi) is 7.21. The standard InChI is InChI=1S/C26H34O4/c1-20-26(27,23-15-9-4-10-16-23)25(30-18-22-13-7-3-8-14-22)24(19-28-20)29-17-21-11-5-2-6-12-21/h2-3,5-8,11-14,20,23-25,27H,4,9-10,15-19H2,1H3/t20?,24?,25?,26-/m0/s1. The van der Waals surface area contributed by atoms with Gasteiger partial charge in [-0.1, -0.05) is 79.9 Å². The van der Waals surface area contributed by atoms with Crippen LogP contribution in [-0.2, 0) is 27.4 Å². The van der Waals surface area contributed by atoms with Gasteiger partial charge in [0.25, 0.3) is 0 Å². The van der Waals surface area contributed by atoms with Crippen molar-refractivity contribution in [3.8, 4) is 0 Å².